The average molecular weight is 853 g/mol. The van der Waals surface area contributed by atoms with Gasteiger partial charge in [-0.2, -0.15) is 13.2 Å². The van der Waals surface area contributed by atoms with Gasteiger partial charge in [-0.15, -0.1) is 0 Å². The number of hydrogen-bond donors (Lipinski definition) is 2. The molecule has 0 saturated carbocycles. The molecule has 2 N–H and O–H groups in total. The van der Waals surface area contributed by atoms with Crippen LogP contribution in [-0.4, -0.2) is 72.0 Å². The number of hydrogen-bond acceptors (Lipinski definition) is 8. The van der Waals surface area contributed by atoms with Crippen LogP contribution in [0.15, 0.2) is 36.5 Å². The van der Waals surface area contributed by atoms with Crippen molar-refractivity contribution in [2.45, 2.75) is 162 Å². The highest BCUT2D eigenvalue weighted by Gasteiger charge is 2.35. The van der Waals surface area contributed by atoms with Crippen LogP contribution in [0.1, 0.15) is 141 Å². The van der Waals surface area contributed by atoms with E-state index < -0.39 is 54.0 Å². The molecular formula is C48H67F3N4O6. The first-order valence-electron chi connectivity index (χ1n) is 22.0. The first-order valence-corrected chi connectivity index (χ1v) is 22.0. The molecule has 3 aromatic rings. The Hall–Kier alpha value is -4.23. The summed E-state index contributed by atoms with van der Waals surface area (Å²) in [6, 6.07) is 6.33. The lowest BCUT2D eigenvalue weighted by atomic mass is 9.82. The Morgan fingerprint density at radius 1 is 1.03 bits per heavy atom. The molecule has 5 rings (SSSR count). The highest BCUT2D eigenvalue weighted by molar-refractivity contribution is 5.95. The van der Waals surface area contributed by atoms with Crippen molar-refractivity contribution in [3.8, 4) is 11.3 Å². The number of ether oxygens (including phenoxy) is 3. The lowest BCUT2D eigenvalue weighted by molar-refractivity contribution is -0.149. The Balaban J connectivity index is 1.66. The second kappa shape index (κ2) is 20.3. The minimum absolute atomic E-state index is 0.0373. The maximum atomic E-state index is 14.7. The molecule has 13 heteroatoms. The van der Waals surface area contributed by atoms with Crippen LogP contribution in [0.25, 0.3) is 27.7 Å². The first-order chi connectivity index (χ1) is 28.7. The predicted octanol–water partition coefficient (Wildman–Crippen LogP) is 10.8. The van der Waals surface area contributed by atoms with Crippen molar-refractivity contribution in [1.29, 1.82) is 0 Å². The van der Waals surface area contributed by atoms with E-state index in [2.05, 4.69) is 16.7 Å². The average Bonchev–Trinajstić information content (AvgIpc) is 3.44. The van der Waals surface area contributed by atoms with E-state index in [1.54, 1.807) is 47.2 Å². The maximum absolute atomic E-state index is 14.7. The minimum atomic E-state index is -4.54. The van der Waals surface area contributed by atoms with Crippen molar-refractivity contribution in [3.63, 3.8) is 0 Å². The number of nitrogens with one attached hydrogen (secondary N) is 2. The fourth-order valence-corrected chi connectivity index (χ4v) is 8.78. The Kier molecular flexibility index (Phi) is 15.9. The monoisotopic (exact) mass is 853 g/mol. The van der Waals surface area contributed by atoms with Crippen molar-refractivity contribution in [2.75, 3.05) is 20.8 Å². The van der Waals surface area contributed by atoms with Gasteiger partial charge in [0.2, 0.25) is 0 Å². The second-order valence-electron chi connectivity index (χ2n) is 18.9. The van der Waals surface area contributed by atoms with Crippen LogP contribution in [-0.2, 0) is 36.8 Å². The quantitative estimate of drug-likeness (QED) is 0.235. The zero-order valence-electron chi connectivity index (χ0n) is 37.7. The highest BCUT2D eigenvalue weighted by atomic mass is 19.4. The smallest absolute Gasteiger partial charge is 0.408 e. The number of amides is 1. The Bertz CT molecular complexity index is 2050. The standard InChI is InChI=1S/C48H67F3N4O6/c1-30-23-36(42(53-27-30)31(2)59-9)43-37-26-47(6,7)29-60-44(57)38(52-8)17-11-10-12-18-41(56)39(54-45(58)61-46(3,4)5)24-32-15-13-14-16-33(20-19-32)34-21-22-40(35(37)25-34)55(43)28-48(49,50)51/h16,21-23,25,27,31-32,38-39,52H,10-15,17-20,24,26,28-29H2,1-9H3,(H,54,58)/b33-16+/t31-,32?,38-,39-/m0/s1. The molecule has 336 valence electrons. The number of halogens is 3. The highest BCUT2D eigenvalue weighted by Crippen LogP contribution is 2.43. The van der Waals surface area contributed by atoms with Crippen molar-refractivity contribution in [1.82, 2.24) is 20.2 Å². The maximum Gasteiger partial charge on any atom is 0.408 e. The molecule has 0 spiro atoms. The number of aryl methyl sites for hydroxylation is 1. The Labute approximate surface area is 359 Å². The molecule has 2 aromatic heterocycles. The Morgan fingerprint density at radius 2 is 1.79 bits per heavy atom. The number of likely N-dealkylation sites (N-methyl/N-ethyl adjacent to an activating group) is 1. The summed E-state index contributed by atoms with van der Waals surface area (Å²) in [5.74, 6) is -0.309. The molecule has 1 aromatic carbocycles. The molecule has 0 radical (unpaired) electrons. The van der Waals surface area contributed by atoms with Gasteiger partial charge in [0.15, 0.2) is 5.78 Å². The molecule has 2 aliphatic rings. The van der Waals surface area contributed by atoms with Gasteiger partial charge in [-0.05, 0) is 139 Å². The summed E-state index contributed by atoms with van der Waals surface area (Å²) >= 11 is 0. The van der Waals surface area contributed by atoms with Crippen molar-refractivity contribution >= 4 is 34.3 Å². The predicted molar refractivity (Wildman–Crippen MR) is 233 cm³/mol. The summed E-state index contributed by atoms with van der Waals surface area (Å²) in [6.07, 6.45) is 5.90. The number of methoxy groups -OCH3 is 1. The largest absolute Gasteiger partial charge is 0.464 e. The van der Waals surface area contributed by atoms with Crippen LogP contribution in [0, 0.1) is 18.3 Å². The molecule has 61 heavy (non-hydrogen) atoms. The molecule has 4 bridgehead atoms. The van der Waals surface area contributed by atoms with E-state index in [9.17, 15) is 27.6 Å². The van der Waals surface area contributed by atoms with Crippen molar-refractivity contribution in [3.05, 3.63) is 58.9 Å². The topological polar surface area (TPSA) is 121 Å². The molecule has 0 saturated heterocycles. The van der Waals surface area contributed by atoms with E-state index in [0.29, 0.717) is 84.8 Å². The third-order valence-corrected chi connectivity index (χ3v) is 11.9. The third kappa shape index (κ3) is 13.1. The number of cyclic esters (lactones) is 1. The fourth-order valence-electron chi connectivity index (χ4n) is 8.78. The van der Waals surface area contributed by atoms with Gasteiger partial charge in [-0.3, -0.25) is 14.6 Å². The summed E-state index contributed by atoms with van der Waals surface area (Å²) in [5.41, 5.74) is 4.06. The van der Waals surface area contributed by atoms with Gasteiger partial charge in [0, 0.05) is 41.6 Å². The van der Waals surface area contributed by atoms with E-state index in [1.165, 1.54) is 4.57 Å². The molecule has 10 nitrogen and oxygen atoms in total. The molecule has 0 fully saturated rings. The van der Waals surface area contributed by atoms with Gasteiger partial charge < -0.3 is 29.4 Å². The summed E-state index contributed by atoms with van der Waals surface area (Å²) < 4.78 is 62.8. The number of esters is 1. The van der Waals surface area contributed by atoms with E-state index in [-0.39, 0.29) is 18.3 Å². The number of carbonyl (C=O) groups excluding carboxylic acids is 3. The summed E-state index contributed by atoms with van der Waals surface area (Å²) in [5, 5.41) is 6.67. The molecule has 1 aliphatic carbocycles. The summed E-state index contributed by atoms with van der Waals surface area (Å²) in [6.45, 7) is 11.8. The molecule has 3 heterocycles. The number of fused-ring (bicyclic) bond motifs is 5. The van der Waals surface area contributed by atoms with Gasteiger partial charge in [0.05, 0.1) is 30.1 Å². The normalized spacial score (nSPS) is 22.9. The van der Waals surface area contributed by atoms with Gasteiger partial charge in [-0.1, -0.05) is 45.3 Å². The fraction of sp³-hybridized carbons (Fsp3) is 0.625. The van der Waals surface area contributed by atoms with Crippen molar-refractivity contribution in [2.24, 2.45) is 11.3 Å². The number of nitrogens with zero attached hydrogens (tertiary/aromatic N) is 2. The molecule has 1 aliphatic heterocycles. The van der Waals surface area contributed by atoms with Gasteiger partial charge in [0.25, 0.3) is 0 Å². The lowest BCUT2D eigenvalue weighted by Gasteiger charge is -2.27. The van der Waals surface area contributed by atoms with Gasteiger partial charge >= 0.3 is 18.2 Å². The first kappa shape index (κ1) is 47.8. The number of allylic oxidation sites excluding steroid dienone is 2. The number of benzene rings is 1. The third-order valence-electron chi connectivity index (χ3n) is 11.9. The Morgan fingerprint density at radius 3 is 2.48 bits per heavy atom. The van der Waals surface area contributed by atoms with Crippen LogP contribution in [0.2, 0.25) is 0 Å². The van der Waals surface area contributed by atoms with Gasteiger partial charge in [-0.25, -0.2) is 4.79 Å². The zero-order chi connectivity index (χ0) is 44.7. The van der Waals surface area contributed by atoms with E-state index in [1.807, 2.05) is 45.9 Å². The summed E-state index contributed by atoms with van der Waals surface area (Å²) in [7, 11) is 3.26. The molecule has 1 amide bonds. The van der Waals surface area contributed by atoms with Crippen LogP contribution in [0.5, 0.6) is 0 Å². The van der Waals surface area contributed by atoms with E-state index >= 15 is 0 Å². The number of Topliss-reactive ketones (excluding diaryl/α,β-unsaturated/α-hetero) is 1. The van der Waals surface area contributed by atoms with Crippen LogP contribution >= 0.6 is 0 Å². The van der Waals surface area contributed by atoms with E-state index in [0.717, 1.165) is 42.4 Å². The van der Waals surface area contributed by atoms with Crippen LogP contribution in [0.4, 0.5) is 18.0 Å². The summed E-state index contributed by atoms with van der Waals surface area (Å²) in [4.78, 5) is 45.0. The lowest BCUT2D eigenvalue weighted by Crippen LogP contribution is -2.44. The van der Waals surface area contributed by atoms with Crippen LogP contribution in [0.3, 0.4) is 0 Å². The molecule has 4 atom stereocenters. The SMILES string of the molecule is CN[C@H]1CCCCCC(=O)[C@@H](NC(=O)OC(C)(C)C)CC2CCC/C=C(\CC2)c2ccc3c(c2)c(c(-c2cc(C)cnc2[C@H](C)OC)n3CC(F)(F)F)CC(C)(C)COC1=O. The van der Waals surface area contributed by atoms with Gasteiger partial charge in [0.1, 0.15) is 18.2 Å². The minimum Gasteiger partial charge on any atom is -0.464 e. The van der Waals surface area contributed by atoms with E-state index in [4.69, 9.17) is 19.2 Å². The van der Waals surface area contributed by atoms with Crippen LogP contribution < -0.4 is 10.6 Å². The number of carbonyl (C=O) groups is 3. The number of aromatic nitrogens is 2. The molecular weight excluding hydrogens is 786 g/mol. The number of ketones is 1. The number of rotatable bonds is 6. The second-order valence-corrected chi connectivity index (χ2v) is 18.9. The number of pyridine rings is 1. The number of alkyl halides is 3. The zero-order valence-corrected chi connectivity index (χ0v) is 37.7. The molecule has 1 unspecified atom stereocenters. The van der Waals surface area contributed by atoms with Crippen molar-refractivity contribution < 1.29 is 41.8 Å². The number of alkyl carbamates (subject to hydrolysis) is 1.